The molecule has 8 nitrogen and oxygen atoms in total. The Morgan fingerprint density at radius 3 is 2.80 bits per heavy atom. The van der Waals surface area contributed by atoms with Gasteiger partial charge in [-0.2, -0.15) is 5.10 Å². The number of thiophene rings is 1. The number of benzene rings is 1. The Bertz CT molecular complexity index is 1320. The predicted molar refractivity (Wildman–Crippen MR) is 115 cm³/mol. The van der Waals surface area contributed by atoms with Crippen LogP contribution in [0, 0.1) is 6.92 Å². The van der Waals surface area contributed by atoms with E-state index in [1.54, 1.807) is 33.1 Å². The Hall–Kier alpha value is -3.85. The quantitative estimate of drug-likeness (QED) is 0.473. The summed E-state index contributed by atoms with van der Waals surface area (Å²) in [5.74, 6) is -0.116. The molecule has 0 saturated carbocycles. The molecule has 0 spiro atoms. The van der Waals surface area contributed by atoms with Gasteiger partial charge < -0.3 is 0 Å². The highest BCUT2D eigenvalue weighted by atomic mass is 32.1. The minimum atomic E-state index is -0.353. The molecule has 0 radical (unpaired) electrons. The largest absolute Gasteiger partial charge is 0.289 e. The molecule has 5 aromatic rings. The van der Waals surface area contributed by atoms with Crippen LogP contribution in [0.3, 0.4) is 0 Å². The van der Waals surface area contributed by atoms with Gasteiger partial charge in [0, 0.05) is 6.20 Å². The summed E-state index contributed by atoms with van der Waals surface area (Å²) in [6.07, 6.45) is 4.79. The Kier molecular flexibility index (Phi) is 4.56. The van der Waals surface area contributed by atoms with E-state index in [-0.39, 0.29) is 11.9 Å². The number of carbonyl (C=O) groups excluding carboxylic acids is 1. The fourth-order valence-corrected chi connectivity index (χ4v) is 3.88. The lowest BCUT2D eigenvalue weighted by atomic mass is 10.1. The summed E-state index contributed by atoms with van der Waals surface area (Å²) in [7, 11) is 0. The topological polar surface area (TPSA) is 90.0 Å². The molecule has 1 N–H and O–H groups in total. The van der Waals surface area contributed by atoms with Crippen molar-refractivity contribution in [1.29, 1.82) is 0 Å². The Morgan fingerprint density at radius 1 is 1.13 bits per heavy atom. The van der Waals surface area contributed by atoms with Gasteiger partial charge >= 0.3 is 0 Å². The van der Waals surface area contributed by atoms with Crippen LogP contribution in [0.15, 0.2) is 66.6 Å². The summed E-state index contributed by atoms with van der Waals surface area (Å²) in [6, 6.07) is 14.1. The number of hydrogen-bond acceptors (Lipinski definition) is 6. The monoisotopic (exact) mass is 415 g/mol. The summed E-state index contributed by atoms with van der Waals surface area (Å²) in [4.78, 5) is 22.4. The smallest absolute Gasteiger partial charge is 0.263 e. The second kappa shape index (κ2) is 7.53. The first kappa shape index (κ1) is 18.2. The third kappa shape index (κ3) is 3.46. The number of nitrogens with one attached hydrogen (secondary N) is 1. The van der Waals surface area contributed by atoms with Gasteiger partial charge in [-0.3, -0.25) is 10.1 Å². The second-order valence-corrected chi connectivity index (χ2v) is 7.75. The van der Waals surface area contributed by atoms with Gasteiger partial charge in [-0.25, -0.2) is 19.2 Å². The van der Waals surface area contributed by atoms with Crippen LogP contribution >= 0.6 is 11.3 Å². The van der Waals surface area contributed by atoms with Crippen molar-refractivity contribution < 1.29 is 4.79 Å². The minimum Gasteiger partial charge on any atom is -0.289 e. The first-order valence-corrected chi connectivity index (χ1v) is 10.2. The maximum absolute atomic E-state index is 12.8. The van der Waals surface area contributed by atoms with Crippen LogP contribution in [-0.2, 0) is 6.54 Å². The molecule has 9 heteroatoms. The zero-order valence-electron chi connectivity index (χ0n) is 16.1. The van der Waals surface area contributed by atoms with E-state index in [1.165, 1.54) is 11.8 Å². The van der Waals surface area contributed by atoms with Crippen molar-refractivity contribution >= 4 is 28.8 Å². The molecule has 1 amide bonds. The van der Waals surface area contributed by atoms with Crippen molar-refractivity contribution in [3.8, 4) is 10.6 Å². The lowest BCUT2D eigenvalue weighted by Crippen LogP contribution is -2.13. The molecule has 4 aromatic heterocycles. The van der Waals surface area contributed by atoms with E-state index in [1.807, 2.05) is 42.6 Å². The maximum Gasteiger partial charge on any atom is 0.263 e. The molecule has 0 aliphatic rings. The number of aryl methyl sites for hydroxylation is 1. The molecule has 0 atom stereocenters. The lowest BCUT2D eigenvalue weighted by molar-refractivity contribution is 0.102. The summed E-state index contributed by atoms with van der Waals surface area (Å²) in [5, 5.41) is 13.4. The number of carbonyl (C=O) groups is 1. The van der Waals surface area contributed by atoms with Gasteiger partial charge in [0.2, 0.25) is 5.95 Å². The van der Waals surface area contributed by atoms with E-state index >= 15 is 0 Å². The number of aromatic nitrogens is 6. The van der Waals surface area contributed by atoms with E-state index < -0.39 is 0 Å². The van der Waals surface area contributed by atoms with Gasteiger partial charge in [0.15, 0.2) is 5.65 Å². The van der Waals surface area contributed by atoms with Crippen LogP contribution in [0.4, 0.5) is 5.95 Å². The molecule has 5 rings (SSSR count). The molecular formula is C21H17N7OS. The summed E-state index contributed by atoms with van der Waals surface area (Å²) in [5.41, 5.74) is 4.04. The van der Waals surface area contributed by atoms with Crippen molar-refractivity contribution in [2.24, 2.45) is 0 Å². The Balaban J connectivity index is 1.36. The van der Waals surface area contributed by atoms with E-state index in [4.69, 9.17) is 0 Å². The molecular weight excluding hydrogens is 398 g/mol. The van der Waals surface area contributed by atoms with E-state index in [2.05, 4.69) is 37.6 Å². The normalized spacial score (nSPS) is 11.1. The molecule has 30 heavy (non-hydrogen) atoms. The molecule has 1 aromatic carbocycles. The fraction of sp³-hybridized carbons (Fsp3) is 0.0952. The van der Waals surface area contributed by atoms with E-state index in [0.717, 1.165) is 16.1 Å². The van der Waals surface area contributed by atoms with Gasteiger partial charge in [-0.15, -0.1) is 16.4 Å². The predicted octanol–water partition coefficient (Wildman–Crippen LogP) is 3.66. The molecule has 0 saturated heterocycles. The van der Waals surface area contributed by atoms with Crippen molar-refractivity contribution in [3.05, 3.63) is 83.3 Å². The minimum absolute atomic E-state index is 0.237. The fourth-order valence-electron chi connectivity index (χ4n) is 3.14. The molecule has 0 aliphatic carbocycles. The van der Waals surface area contributed by atoms with Crippen LogP contribution in [0.2, 0.25) is 0 Å². The Morgan fingerprint density at radius 2 is 2.00 bits per heavy atom. The van der Waals surface area contributed by atoms with Gasteiger partial charge in [0.1, 0.15) is 11.9 Å². The number of hydrogen-bond donors (Lipinski definition) is 1. The number of fused-ring (bicyclic) bond motifs is 1. The SMILES string of the molecule is Cc1ccc(Cn2cnc(NC(=O)c3cnn4c(-c5cccs5)ccnc34)n2)cc1. The summed E-state index contributed by atoms with van der Waals surface area (Å²) < 4.78 is 3.35. The van der Waals surface area contributed by atoms with Crippen LogP contribution < -0.4 is 5.32 Å². The highest BCUT2D eigenvalue weighted by molar-refractivity contribution is 7.13. The summed E-state index contributed by atoms with van der Waals surface area (Å²) in [6.45, 7) is 2.62. The first-order valence-electron chi connectivity index (χ1n) is 9.30. The Labute approximate surface area is 175 Å². The first-order chi connectivity index (χ1) is 14.7. The van der Waals surface area contributed by atoms with E-state index in [9.17, 15) is 4.79 Å². The molecule has 148 valence electrons. The zero-order chi connectivity index (χ0) is 20.5. The summed E-state index contributed by atoms with van der Waals surface area (Å²) >= 11 is 1.60. The number of nitrogens with zero attached hydrogens (tertiary/aromatic N) is 6. The van der Waals surface area contributed by atoms with Gasteiger partial charge in [-0.05, 0) is 30.0 Å². The van der Waals surface area contributed by atoms with Crippen molar-refractivity contribution in [1.82, 2.24) is 29.4 Å². The molecule has 0 fully saturated rings. The highest BCUT2D eigenvalue weighted by Gasteiger charge is 2.18. The maximum atomic E-state index is 12.8. The van der Waals surface area contributed by atoms with Gasteiger partial charge in [0.25, 0.3) is 5.91 Å². The highest BCUT2D eigenvalue weighted by Crippen LogP contribution is 2.25. The second-order valence-electron chi connectivity index (χ2n) is 6.81. The lowest BCUT2D eigenvalue weighted by Gasteiger charge is -2.03. The molecule has 4 heterocycles. The van der Waals surface area contributed by atoms with Crippen LogP contribution in [0.5, 0.6) is 0 Å². The van der Waals surface area contributed by atoms with E-state index in [0.29, 0.717) is 17.8 Å². The van der Waals surface area contributed by atoms with Crippen molar-refractivity contribution in [3.63, 3.8) is 0 Å². The molecule has 0 bridgehead atoms. The standard InChI is InChI=1S/C21H17N7OS/c1-14-4-6-15(7-5-14)12-27-13-23-21(26-27)25-20(29)16-11-24-28-17(8-9-22-19(16)28)18-3-2-10-30-18/h2-11,13H,12H2,1H3,(H,25,26,29). The zero-order valence-corrected chi connectivity index (χ0v) is 16.9. The van der Waals surface area contributed by atoms with Crippen LogP contribution in [-0.4, -0.2) is 35.3 Å². The van der Waals surface area contributed by atoms with Gasteiger partial charge in [0.05, 0.1) is 23.3 Å². The van der Waals surface area contributed by atoms with Crippen LogP contribution in [0.25, 0.3) is 16.2 Å². The number of anilines is 1. The van der Waals surface area contributed by atoms with Crippen molar-refractivity contribution in [2.45, 2.75) is 13.5 Å². The average molecular weight is 415 g/mol. The molecule has 0 aliphatic heterocycles. The third-order valence-electron chi connectivity index (χ3n) is 4.65. The van der Waals surface area contributed by atoms with Crippen LogP contribution in [0.1, 0.15) is 21.5 Å². The number of rotatable bonds is 5. The number of amides is 1. The van der Waals surface area contributed by atoms with Gasteiger partial charge in [-0.1, -0.05) is 35.9 Å². The average Bonchev–Trinajstić information content (AvgIpc) is 3.50. The molecule has 0 unspecified atom stereocenters. The third-order valence-corrected chi connectivity index (χ3v) is 5.54. The van der Waals surface area contributed by atoms with Crippen molar-refractivity contribution in [2.75, 3.05) is 5.32 Å².